The van der Waals surface area contributed by atoms with E-state index in [2.05, 4.69) is 10.6 Å². The third kappa shape index (κ3) is 7.34. The van der Waals surface area contributed by atoms with Gasteiger partial charge in [0.15, 0.2) is 0 Å². The molecule has 0 unspecified atom stereocenters. The predicted octanol–water partition coefficient (Wildman–Crippen LogP) is 0.732. The third-order valence-electron chi connectivity index (χ3n) is 1.40. The minimum atomic E-state index is -0.0880. The molecule has 0 spiro atoms. The quantitative estimate of drug-likeness (QED) is 0.583. The maximum Gasteiger partial charge on any atom is 0.314 e. The normalized spacial score (nSPS) is 9.50. The molecule has 0 fully saturated rings. The molecule has 0 aromatic heterocycles. The standard InChI is InChI=1S/C8H18N2O2/c1-3-9-8(11)10-6-4-5-7-12-2/h3-7H2,1-2H3,(H2,9,10,11). The first-order valence-corrected chi connectivity index (χ1v) is 4.32. The smallest absolute Gasteiger partial charge is 0.314 e. The Balaban J connectivity index is 3.03. The summed E-state index contributed by atoms with van der Waals surface area (Å²) >= 11 is 0. The monoisotopic (exact) mass is 174 g/mol. The first-order chi connectivity index (χ1) is 5.81. The third-order valence-corrected chi connectivity index (χ3v) is 1.40. The molecule has 0 aliphatic carbocycles. The summed E-state index contributed by atoms with van der Waals surface area (Å²) in [5.41, 5.74) is 0. The predicted molar refractivity (Wildman–Crippen MR) is 48.2 cm³/mol. The van der Waals surface area contributed by atoms with Crippen LogP contribution in [0.3, 0.4) is 0 Å². The molecule has 4 heteroatoms. The average molecular weight is 174 g/mol. The van der Waals surface area contributed by atoms with Gasteiger partial charge in [0, 0.05) is 26.8 Å². The zero-order valence-corrected chi connectivity index (χ0v) is 7.85. The molecule has 0 saturated heterocycles. The van der Waals surface area contributed by atoms with Crippen molar-refractivity contribution in [2.75, 3.05) is 26.8 Å². The number of methoxy groups -OCH3 is 1. The molecule has 0 heterocycles. The van der Waals surface area contributed by atoms with Crippen LogP contribution >= 0.6 is 0 Å². The van der Waals surface area contributed by atoms with Crippen molar-refractivity contribution in [1.82, 2.24) is 10.6 Å². The summed E-state index contributed by atoms with van der Waals surface area (Å²) in [6, 6.07) is -0.0880. The van der Waals surface area contributed by atoms with Crippen molar-refractivity contribution < 1.29 is 9.53 Å². The van der Waals surface area contributed by atoms with Crippen molar-refractivity contribution in [2.45, 2.75) is 19.8 Å². The molecule has 0 aromatic rings. The van der Waals surface area contributed by atoms with Gasteiger partial charge in [-0.05, 0) is 19.8 Å². The van der Waals surface area contributed by atoms with E-state index in [0.29, 0.717) is 6.54 Å². The summed E-state index contributed by atoms with van der Waals surface area (Å²) in [5.74, 6) is 0. The van der Waals surface area contributed by atoms with Gasteiger partial charge >= 0.3 is 6.03 Å². The second-order valence-electron chi connectivity index (χ2n) is 2.49. The van der Waals surface area contributed by atoms with Crippen molar-refractivity contribution in [3.05, 3.63) is 0 Å². The van der Waals surface area contributed by atoms with Crippen LogP contribution in [0.25, 0.3) is 0 Å². The fraction of sp³-hybridized carbons (Fsp3) is 0.875. The van der Waals surface area contributed by atoms with E-state index >= 15 is 0 Å². The first-order valence-electron chi connectivity index (χ1n) is 4.32. The van der Waals surface area contributed by atoms with Gasteiger partial charge in [0.25, 0.3) is 0 Å². The van der Waals surface area contributed by atoms with Gasteiger partial charge in [0.05, 0.1) is 0 Å². The highest BCUT2D eigenvalue weighted by molar-refractivity contribution is 5.73. The van der Waals surface area contributed by atoms with Gasteiger partial charge < -0.3 is 15.4 Å². The number of unbranched alkanes of at least 4 members (excludes halogenated alkanes) is 1. The van der Waals surface area contributed by atoms with E-state index in [1.54, 1.807) is 7.11 Å². The van der Waals surface area contributed by atoms with E-state index < -0.39 is 0 Å². The molecule has 0 aliphatic heterocycles. The van der Waals surface area contributed by atoms with Crippen LogP contribution in [0.5, 0.6) is 0 Å². The number of hydrogen-bond acceptors (Lipinski definition) is 2. The summed E-state index contributed by atoms with van der Waals surface area (Å²) in [5, 5.41) is 5.39. The van der Waals surface area contributed by atoms with E-state index in [0.717, 1.165) is 26.0 Å². The van der Waals surface area contributed by atoms with Crippen LogP contribution < -0.4 is 10.6 Å². The first kappa shape index (κ1) is 11.2. The van der Waals surface area contributed by atoms with E-state index in [1.165, 1.54) is 0 Å². The summed E-state index contributed by atoms with van der Waals surface area (Å²) in [6.45, 7) is 4.04. The molecule has 0 aliphatic rings. The van der Waals surface area contributed by atoms with Gasteiger partial charge in [-0.1, -0.05) is 0 Å². The number of amides is 2. The second-order valence-corrected chi connectivity index (χ2v) is 2.49. The molecular weight excluding hydrogens is 156 g/mol. The lowest BCUT2D eigenvalue weighted by Crippen LogP contribution is -2.35. The minimum absolute atomic E-state index is 0.0880. The summed E-state index contributed by atoms with van der Waals surface area (Å²) < 4.78 is 4.87. The van der Waals surface area contributed by atoms with Crippen molar-refractivity contribution in [1.29, 1.82) is 0 Å². The number of carbonyl (C=O) groups excluding carboxylic acids is 1. The Morgan fingerprint density at radius 3 is 2.67 bits per heavy atom. The molecule has 0 saturated carbocycles. The van der Waals surface area contributed by atoms with Crippen LogP contribution in [0.2, 0.25) is 0 Å². The largest absolute Gasteiger partial charge is 0.385 e. The maximum atomic E-state index is 10.8. The van der Waals surface area contributed by atoms with Crippen LogP contribution in [0.4, 0.5) is 4.79 Å². The van der Waals surface area contributed by atoms with Crippen LogP contribution in [0.15, 0.2) is 0 Å². The number of urea groups is 1. The number of ether oxygens (including phenoxy) is 1. The van der Waals surface area contributed by atoms with Gasteiger partial charge in [-0.2, -0.15) is 0 Å². The van der Waals surface area contributed by atoms with E-state index in [1.807, 2.05) is 6.92 Å². The molecule has 2 amide bonds. The van der Waals surface area contributed by atoms with E-state index in [-0.39, 0.29) is 6.03 Å². The highest BCUT2D eigenvalue weighted by Gasteiger charge is 1.94. The van der Waals surface area contributed by atoms with Crippen molar-refractivity contribution in [3.8, 4) is 0 Å². The van der Waals surface area contributed by atoms with Gasteiger partial charge in [-0.3, -0.25) is 0 Å². The average Bonchev–Trinajstić information content (AvgIpc) is 2.05. The minimum Gasteiger partial charge on any atom is -0.385 e. The van der Waals surface area contributed by atoms with Crippen LogP contribution in [-0.2, 0) is 4.74 Å². The molecule has 4 nitrogen and oxygen atoms in total. The lowest BCUT2D eigenvalue weighted by Gasteiger charge is -2.04. The number of hydrogen-bond donors (Lipinski definition) is 2. The number of rotatable bonds is 6. The molecule has 0 rings (SSSR count). The Morgan fingerprint density at radius 2 is 2.08 bits per heavy atom. The van der Waals surface area contributed by atoms with Crippen LogP contribution in [0, 0.1) is 0 Å². The Kier molecular flexibility index (Phi) is 7.79. The van der Waals surface area contributed by atoms with Gasteiger partial charge in [-0.15, -0.1) is 0 Å². The summed E-state index contributed by atoms with van der Waals surface area (Å²) in [7, 11) is 1.68. The number of nitrogens with one attached hydrogen (secondary N) is 2. The molecular formula is C8H18N2O2. The molecule has 2 N–H and O–H groups in total. The summed E-state index contributed by atoms with van der Waals surface area (Å²) in [6.07, 6.45) is 1.95. The molecule has 0 atom stereocenters. The Bertz CT molecular complexity index is 118. The summed E-state index contributed by atoms with van der Waals surface area (Å²) in [4.78, 5) is 10.8. The van der Waals surface area contributed by atoms with Crippen LogP contribution in [0.1, 0.15) is 19.8 Å². The highest BCUT2D eigenvalue weighted by atomic mass is 16.5. The topological polar surface area (TPSA) is 50.4 Å². The fourth-order valence-corrected chi connectivity index (χ4v) is 0.796. The van der Waals surface area contributed by atoms with Gasteiger partial charge in [0.2, 0.25) is 0 Å². The van der Waals surface area contributed by atoms with Gasteiger partial charge in [-0.25, -0.2) is 4.79 Å². The SMILES string of the molecule is CCNC(=O)NCCCCOC. The fourth-order valence-electron chi connectivity index (χ4n) is 0.796. The van der Waals surface area contributed by atoms with Crippen molar-refractivity contribution in [2.24, 2.45) is 0 Å². The van der Waals surface area contributed by atoms with E-state index in [4.69, 9.17) is 4.74 Å². The lowest BCUT2D eigenvalue weighted by atomic mass is 10.3. The molecule has 0 radical (unpaired) electrons. The van der Waals surface area contributed by atoms with Crippen LogP contribution in [-0.4, -0.2) is 32.8 Å². The highest BCUT2D eigenvalue weighted by Crippen LogP contribution is 1.86. The Labute approximate surface area is 73.7 Å². The molecule has 12 heavy (non-hydrogen) atoms. The molecule has 0 aromatic carbocycles. The maximum absolute atomic E-state index is 10.8. The van der Waals surface area contributed by atoms with E-state index in [9.17, 15) is 4.79 Å². The van der Waals surface area contributed by atoms with Crippen molar-refractivity contribution >= 4 is 6.03 Å². The molecule has 0 bridgehead atoms. The number of carbonyl (C=O) groups is 1. The van der Waals surface area contributed by atoms with Gasteiger partial charge in [0.1, 0.15) is 0 Å². The van der Waals surface area contributed by atoms with Crippen molar-refractivity contribution in [3.63, 3.8) is 0 Å². The Hall–Kier alpha value is -0.770. The zero-order valence-electron chi connectivity index (χ0n) is 7.85. The molecule has 72 valence electrons. The lowest BCUT2D eigenvalue weighted by molar-refractivity contribution is 0.192. The second kappa shape index (κ2) is 8.33. The Morgan fingerprint density at radius 1 is 1.33 bits per heavy atom. The zero-order chi connectivity index (χ0) is 9.23.